The predicted octanol–water partition coefficient (Wildman–Crippen LogP) is 13.5. The Morgan fingerprint density at radius 2 is 0.768 bits per heavy atom. The molecule has 56 heavy (non-hydrogen) atoms. The van der Waals surface area contributed by atoms with Crippen LogP contribution in [0.2, 0.25) is 0 Å². The number of hydrogen-bond acceptors (Lipinski definition) is 3. The smallest absolute Gasteiger partial charge is 0.164 e. The monoisotopic (exact) mass is 717 g/mol. The molecule has 0 saturated carbocycles. The number of nitrogens with zero attached hydrogens (tertiary/aromatic N) is 3. The molecule has 1 heterocycles. The van der Waals surface area contributed by atoms with Crippen LogP contribution in [0.1, 0.15) is 49.9 Å². The normalized spacial score (nSPS) is 14.4. The van der Waals surface area contributed by atoms with E-state index in [1.54, 1.807) is 0 Å². The first kappa shape index (κ1) is 32.7. The standard InChI is InChI=1S/C53H39N3/c1-52(2)44-24-10-9-20-43(44)48-38(21-13-25-45(48)52)34-26-28-39-40-29-27-35(31-47(40)53(3,4)46(39)30-34)49-54-50(41-22-11-16-32-14-5-7-18-36(32)41)56-51(55-49)42-23-12-17-33-15-6-8-19-37(33)42/h5-31H,1-4H3. The van der Waals surface area contributed by atoms with Gasteiger partial charge in [-0.1, -0.05) is 179 Å². The maximum Gasteiger partial charge on any atom is 0.164 e. The molecule has 0 fully saturated rings. The molecule has 0 amide bonds. The SMILES string of the molecule is CC1(C)c2cc(-c3nc(-c4cccc5ccccc45)nc(-c4cccc5ccccc45)n3)ccc2-c2ccc(-c3cccc4c3-c3ccccc3C4(C)C)cc21. The van der Waals surface area contributed by atoms with Gasteiger partial charge in [0.05, 0.1) is 0 Å². The molecular weight excluding hydrogens is 679 g/mol. The molecule has 3 heteroatoms. The predicted molar refractivity (Wildman–Crippen MR) is 232 cm³/mol. The van der Waals surface area contributed by atoms with Crippen molar-refractivity contribution in [1.82, 2.24) is 15.0 Å². The molecule has 11 rings (SSSR count). The van der Waals surface area contributed by atoms with E-state index < -0.39 is 0 Å². The van der Waals surface area contributed by atoms with Crippen molar-refractivity contribution in [3.8, 4) is 67.5 Å². The Morgan fingerprint density at radius 1 is 0.321 bits per heavy atom. The van der Waals surface area contributed by atoms with Crippen LogP contribution >= 0.6 is 0 Å². The summed E-state index contributed by atoms with van der Waals surface area (Å²) in [4.78, 5) is 15.7. The number of aromatic nitrogens is 3. The van der Waals surface area contributed by atoms with Crippen LogP contribution in [0.3, 0.4) is 0 Å². The van der Waals surface area contributed by atoms with Crippen molar-refractivity contribution in [2.24, 2.45) is 0 Å². The average molecular weight is 718 g/mol. The molecular formula is C53H39N3. The molecule has 266 valence electrons. The molecule has 2 aliphatic rings. The zero-order chi connectivity index (χ0) is 37.8. The van der Waals surface area contributed by atoms with Crippen LogP contribution in [0.25, 0.3) is 89.1 Å². The van der Waals surface area contributed by atoms with E-state index in [0.717, 1.165) is 38.2 Å². The van der Waals surface area contributed by atoms with E-state index in [2.05, 4.69) is 191 Å². The van der Waals surface area contributed by atoms with Crippen molar-refractivity contribution in [2.45, 2.75) is 38.5 Å². The van der Waals surface area contributed by atoms with Gasteiger partial charge in [0.15, 0.2) is 17.5 Å². The van der Waals surface area contributed by atoms with Crippen LogP contribution in [-0.2, 0) is 10.8 Å². The van der Waals surface area contributed by atoms with E-state index in [0.29, 0.717) is 17.5 Å². The summed E-state index contributed by atoms with van der Waals surface area (Å²) in [5.41, 5.74) is 15.9. The fourth-order valence-electron chi connectivity index (χ4n) is 9.63. The van der Waals surface area contributed by atoms with E-state index >= 15 is 0 Å². The van der Waals surface area contributed by atoms with Crippen molar-refractivity contribution >= 4 is 21.5 Å². The van der Waals surface area contributed by atoms with Crippen LogP contribution in [-0.4, -0.2) is 15.0 Å². The topological polar surface area (TPSA) is 38.7 Å². The first-order valence-corrected chi connectivity index (χ1v) is 19.5. The number of fused-ring (bicyclic) bond motifs is 8. The molecule has 0 saturated heterocycles. The van der Waals surface area contributed by atoms with Crippen molar-refractivity contribution in [2.75, 3.05) is 0 Å². The zero-order valence-electron chi connectivity index (χ0n) is 31.9. The third kappa shape index (κ3) is 4.73. The Morgan fingerprint density at radius 3 is 1.43 bits per heavy atom. The fourth-order valence-corrected chi connectivity index (χ4v) is 9.63. The Kier molecular flexibility index (Phi) is 6.94. The lowest BCUT2D eigenvalue weighted by molar-refractivity contribution is 0.660. The molecule has 2 aliphatic carbocycles. The van der Waals surface area contributed by atoms with Gasteiger partial charge < -0.3 is 0 Å². The zero-order valence-corrected chi connectivity index (χ0v) is 31.9. The molecule has 0 atom stereocenters. The molecule has 0 aliphatic heterocycles. The van der Waals surface area contributed by atoms with Crippen LogP contribution in [0.4, 0.5) is 0 Å². The minimum absolute atomic E-state index is 0.0411. The van der Waals surface area contributed by atoms with E-state index in [4.69, 9.17) is 15.0 Å². The first-order valence-electron chi connectivity index (χ1n) is 19.5. The summed E-state index contributed by atoms with van der Waals surface area (Å²) in [5.74, 6) is 2.01. The van der Waals surface area contributed by atoms with E-state index in [1.165, 1.54) is 55.6 Å². The average Bonchev–Trinajstić information content (AvgIpc) is 3.62. The highest BCUT2D eigenvalue weighted by atomic mass is 15.0. The minimum atomic E-state index is -0.240. The fraction of sp³-hybridized carbons (Fsp3) is 0.113. The van der Waals surface area contributed by atoms with Gasteiger partial charge >= 0.3 is 0 Å². The second-order valence-corrected chi connectivity index (χ2v) is 16.4. The third-order valence-electron chi connectivity index (χ3n) is 12.5. The van der Waals surface area contributed by atoms with Gasteiger partial charge in [0, 0.05) is 27.5 Å². The summed E-state index contributed by atoms with van der Waals surface area (Å²) in [6, 6.07) is 59.3. The van der Waals surface area contributed by atoms with Gasteiger partial charge in [0.2, 0.25) is 0 Å². The second-order valence-electron chi connectivity index (χ2n) is 16.4. The maximum atomic E-state index is 5.25. The molecule has 0 N–H and O–H groups in total. The van der Waals surface area contributed by atoms with Crippen molar-refractivity contribution in [3.63, 3.8) is 0 Å². The highest BCUT2D eigenvalue weighted by Crippen LogP contribution is 2.54. The van der Waals surface area contributed by atoms with Crippen molar-refractivity contribution in [1.29, 1.82) is 0 Å². The van der Waals surface area contributed by atoms with Crippen molar-refractivity contribution < 1.29 is 0 Å². The van der Waals surface area contributed by atoms with Crippen LogP contribution < -0.4 is 0 Å². The van der Waals surface area contributed by atoms with Gasteiger partial charge in [0.25, 0.3) is 0 Å². The lowest BCUT2D eigenvalue weighted by Gasteiger charge is -2.23. The lowest BCUT2D eigenvalue weighted by Crippen LogP contribution is -2.15. The molecule has 8 aromatic carbocycles. The minimum Gasteiger partial charge on any atom is -0.208 e. The van der Waals surface area contributed by atoms with Gasteiger partial charge in [-0.2, -0.15) is 0 Å². The van der Waals surface area contributed by atoms with E-state index in [1.807, 2.05) is 0 Å². The maximum absolute atomic E-state index is 5.25. The summed E-state index contributed by atoms with van der Waals surface area (Å²) in [7, 11) is 0. The van der Waals surface area contributed by atoms with Gasteiger partial charge in [-0.3, -0.25) is 0 Å². The Bertz CT molecular complexity index is 2990. The van der Waals surface area contributed by atoms with Gasteiger partial charge in [-0.25, -0.2) is 15.0 Å². The quantitative estimate of drug-likeness (QED) is 0.182. The number of benzene rings is 8. The Hall–Kier alpha value is -6.71. The molecule has 1 aromatic heterocycles. The summed E-state index contributed by atoms with van der Waals surface area (Å²) in [5, 5.41) is 4.55. The van der Waals surface area contributed by atoms with Gasteiger partial charge in [0.1, 0.15) is 0 Å². The van der Waals surface area contributed by atoms with Gasteiger partial charge in [-0.05, 0) is 89.3 Å². The highest BCUT2D eigenvalue weighted by Gasteiger charge is 2.39. The molecule has 3 nitrogen and oxygen atoms in total. The molecule has 0 bridgehead atoms. The second kappa shape index (κ2) is 11.9. The van der Waals surface area contributed by atoms with E-state index in [-0.39, 0.29) is 10.8 Å². The lowest BCUT2D eigenvalue weighted by atomic mass is 9.80. The summed E-state index contributed by atoms with van der Waals surface area (Å²) < 4.78 is 0. The Labute approximate surface area is 327 Å². The van der Waals surface area contributed by atoms with Crippen LogP contribution in [0, 0.1) is 0 Å². The molecule has 0 unspecified atom stereocenters. The summed E-state index contributed by atoms with van der Waals surface area (Å²) in [6.45, 7) is 9.42. The molecule has 9 aromatic rings. The summed E-state index contributed by atoms with van der Waals surface area (Å²) >= 11 is 0. The first-order chi connectivity index (χ1) is 27.3. The largest absolute Gasteiger partial charge is 0.208 e. The Balaban J connectivity index is 1.06. The molecule has 0 radical (unpaired) electrons. The number of rotatable bonds is 4. The van der Waals surface area contributed by atoms with Crippen molar-refractivity contribution in [3.05, 3.63) is 186 Å². The van der Waals surface area contributed by atoms with E-state index in [9.17, 15) is 0 Å². The van der Waals surface area contributed by atoms with Crippen LogP contribution in [0.5, 0.6) is 0 Å². The number of hydrogen-bond donors (Lipinski definition) is 0. The summed E-state index contributed by atoms with van der Waals surface area (Å²) in [6.07, 6.45) is 0. The highest BCUT2D eigenvalue weighted by molar-refractivity contribution is 5.98. The van der Waals surface area contributed by atoms with Gasteiger partial charge in [-0.15, -0.1) is 0 Å². The third-order valence-corrected chi connectivity index (χ3v) is 12.5. The van der Waals surface area contributed by atoms with Crippen LogP contribution in [0.15, 0.2) is 164 Å². The molecule has 0 spiro atoms.